The van der Waals surface area contributed by atoms with E-state index in [1.165, 1.54) is 0 Å². The maximum absolute atomic E-state index is 12.9. The van der Waals surface area contributed by atoms with Gasteiger partial charge in [-0.1, -0.05) is 0 Å². The lowest BCUT2D eigenvalue weighted by atomic mass is 10.3. The van der Waals surface area contributed by atoms with Crippen molar-refractivity contribution < 1.29 is 18.8 Å². The molecule has 0 aliphatic heterocycles. The predicted molar refractivity (Wildman–Crippen MR) is 63.4 cm³/mol. The third kappa shape index (κ3) is 3.95. The number of nitro groups is 1. The van der Waals surface area contributed by atoms with Crippen LogP contribution in [0.5, 0.6) is 0 Å². The molecule has 0 unspecified atom stereocenters. The lowest BCUT2D eigenvalue weighted by molar-refractivity contribution is -0.383. The average Bonchev–Trinajstić information content (AvgIpc) is 2.36. The standard InChI is InChI=1S/C9H13F2N5O3/c1-2-12-7-6(16(18)19)8(15-5-14-7)13-3-9(10,11)4-17/h5,17H,2-4H2,1H3,(H2,12,13,14,15). The summed E-state index contributed by atoms with van der Waals surface area (Å²) in [4.78, 5) is 17.4. The normalized spacial score (nSPS) is 11.2. The van der Waals surface area contributed by atoms with Gasteiger partial charge < -0.3 is 15.7 Å². The summed E-state index contributed by atoms with van der Waals surface area (Å²) in [5.74, 6) is -3.78. The van der Waals surface area contributed by atoms with Crippen molar-refractivity contribution in [1.82, 2.24) is 9.97 Å². The molecule has 0 aliphatic carbocycles. The first-order valence-corrected chi connectivity index (χ1v) is 5.37. The molecule has 0 radical (unpaired) electrons. The Morgan fingerprint density at radius 3 is 2.47 bits per heavy atom. The topological polar surface area (TPSA) is 113 Å². The van der Waals surface area contributed by atoms with Crippen LogP contribution in [0, 0.1) is 10.1 Å². The van der Waals surface area contributed by atoms with E-state index in [1.807, 2.05) is 0 Å². The Kier molecular flexibility index (Phi) is 4.87. The Hall–Kier alpha value is -2.10. The fourth-order valence-electron chi connectivity index (χ4n) is 1.25. The van der Waals surface area contributed by atoms with Crippen LogP contribution in [0.1, 0.15) is 6.92 Å². The molecule has 0 aromatic carbocycles. The molecule has 1 aromatic heterocycles. The van der Waals surface area contributed by atoms with Gasteiger partial charge in [0.1, 0.15) is 12.9 Å². The minimum absolute atomic E-state index is 0.0580. The van der Waals surface area contributed by atoms with Gasteiger partial charge in [-0.3, -0.25) is 10.1 Å². The van der Waals surface area contributed by atoms with Crippen molar-refractivity contribution in [3.63, 3.8) is 0 Å². The second-order valence-electron chi connectivity index (χ2n) is 3.57. The van der Waals surface area contributed by atoms with Gasteiger partial charge >= 0.3 is 5.69 Å². The molecule has 0 saturated heterocycles. The summed E-state index contributed by atoms with van der Waals surface area (Å²) in [7, 11) is 0. The van der Waals surface area contributed by atoms with Crippen LogP contribution in [0.2, 0.25) is 0 Å². The molecule has 0 amide bonds. The summed E-state index contributed by atoms with van der Waals surface area (Å²) < 4.78 is 25.8. The van der Waals surface area contributed by atoms with Gasteiger partial charge in [-0.05, 0) is 6.92 Å². The zero-order valence-corrected chi connectivity index (χ0v) is 10.1. The Morgan fingerprint density at radius 1 is 1.42 bits per heavy atom. The van der Waals surface area contributed by atoms with E-state index in [2.05, 4.69) is 20.6 Å². The number of nitrogens with zero attached hydrogens (tertiary/aromatic N) is 3. The average molecular weight is 277 g/mol. The van der Waals surface area contributed by atoms with Crippen LogP contribution in [0.25, 0.3) is 0 Å². The largest absolute Gasteiger partial charge is 0.390 e. The molecule has 19 heavy (non-hydrogen) atoms. The summed E-state index contributed by atoms with van der Waals surface area (Å²) >= 11 is 0. The summed E-state index contributed by atoms with van der Waals surface area (Å²) in [6.07, 6.45) is 1.02. The molecule has 0 bridgehead atoms. The van der Waals surface area contributed by atoms with Gasteiger partial charge in [0.2, 0.25) is 11.6 Å². The number of nitrogens with one attached hydrogen (secondary N) is 2. The molecule has 1 heterocycles. The molecule has 0 spiro atoms. The van der Waals surface area contributed by atoms with Crippen molar-refractivity contribution in [1.29, 1.82) is 0 Å². The second-order valence-corrected chi connectivity index (χ2v) is 3.57. The minimum Gasteiger partial charge on any atom is -0.390 e. The number of anilines is 2. The van der Waals surface area contributed by atoms with Crippen LogP contribution >= 0.6 is 0 Å². The molecule has 8 nitrogen and oxygen atoms in total. The maximum atomic E-state index is 12.9. The Bertz CT molecular complexity index is 457. The number of aliphatic hydroxyl groups excluding tert-OH is 1. The molecular formula is C9H13F2N5O3. The first-order valence-electron chi connectivity index (χ1n) is 5.37. The number of alkyl halides is 2. The third-order valence-electron chi connectivity index (χ3n) is 2.09. The summed E-state index contributed by atoms with van der Waals surface area (Å²) in [6, 6.07) is 0. The van der Waals surface area contributed by atoms with Crippen molar-refractivity contribution in [2.24, 2.45) is 0 Å². The quantitative estimate of drug-likeness (QED) is 0.500. The smallest absolute Gasteiger partial charge is 0.353 e. The number of hydrogen-bond acceptors (Lipinski definition) is 7. The van der Waals surface area contributed by atoms with Gasteiger partial charge in [-0.25, -0.2) is 18.7 Å². The van der Waals surface area contributed by atoms with Crippen molar-refractivity contribution in [3.8, 4) is 0 Å². The molecule has 0 atom stereocenters. The van der Waals surface area contributed by atoms with Crippen LogP contribution in [0.3, 0.4) is 0 Å². The van der Waals surface area contributed by atoms with Crippen LogP contribution in [-0.2, 0) is 0 Å². The molecule has 0 saturated carbocycles. The highest BCUT2D eigenvalue weighted by Gasteiger charge is 2.30. The first kappa shape index (κ1) is 15.0. The van der Waals surface area contributed by atoms with Gasteiger partial charge in [-0.15, -0.1) is 0 Å². The molecule has 3 N–H and O–H groups in total. The Labute approximate surface area is 107 Å². The van der Waals surface area contributed by atoms with E-state index in [0.717, 1.165) is 6.33 Å². The molecule has 0 fully saturated rings. The van der Waals surface area contributed by atoms with Crippen molar-refractivity contribution in [2.75, 3.05) is 30.3 Å². The fourth-order valence-corrected chi connectivity index (χ4v) is 1.25. The van der Waals surface area contributed by atoms with E-state index < -0.39 is 29.7 Å². The highest BCUT2D eigenvalue weighted by Crippen LogP contribution is 2.29. The zero-order chi connectivity index (χ0) is 14.5. The van der Waals surface area contributed by atoms with Gasteiger partial charge in [0, 0.05) is 6.54 Å². The number of aliphatic hydroxyl groups is 1. The van der Waals surface area contributed by atoms with Crippen molar-refractivity contribution >= 4 is 17.3 Å². The molecule has 1 rings (SSSR count). The first-order chi connectivity index (χ1) is 8.91. The maximum Gasteiger partial charge on any atom is 0.353 e. The van der Waals surface area contributed by atoms with Crippen molar-refractivity contribution in [3.05, 3.63) is 16.4 Å². The number of rotatable bonds is 7. The Balaban J connectivity index is 3.00. The second kappa shape index (κ2) is 6.18. The molecular weight excluding hydrogens is 264 g/mol. The minimum atomic E-state index is -3.39. The molecule has 10 heteroatoms. The highest BCUT2D eigenvalue weighted by molar-refractivity contribution is 5.69. The predicted octanol–water partition coefficient (Wildman–Crippen LogP) is 0.856. The van der Waals surface area contributed by atoms with Crippen LogP contribution in [0.15, 0.2) is 6.33 Å². The Morgan fingerprint density at radius 2 is 2.00 bits per heavy atom. The van der Waals surface area contributed by atoms with Crippen LogP contribution in [-0.4, -0.2) is 45.6 Å². The van der Waals surface area contributed by atoms with Gasteiger partial charge in [0.05, 0.1) is 11.5 Å². The highest BCUT2D eigenvalue weighted by atomic mass is 19.3. The monoisotopic (exact) mass is 277 g/mol. The summed E-state index contributed by atoms with van der Waals surface area (Å²) in [6.45, 7) is -0.241. The molecule has 0 aliphatic rings. The van der Waals surface area contributed by atoms with E-state index in [9.17, 15) is 18.9 Å². The third-order valence-corrected chi connectivity index (χ3v) is 2.09. The van der Waals surface area contributed by atoms with Crippen LogP contribution < -0.4 is 10.6 Å². The fraction of sp³-hybridized carbons (Fsp3) is 0.556. The lowest BCUT2D eigenvalue weighted by Crippen LogP contribution is -2.31. The lowest BCUT2D eigenvalue weighted by Gasteiger charge is -2.14. The van der Waals surface area contributed by atoms with Gasteiger partial charge in [0.15, 0.2) is 0 Å². The SMILES string of the molecule is CCNc1ncnc(NCC(F)(F)CO)c1[N+](=O)[O-]. The number of hydrogen-bond donors (Lipinski definition) is 3. The summed E-state index contributed by atoms with van der Waals surface area (Å²) in [5.41, 5.74) is -0.516. The number of halogens is 2. The van der Waals surface area contributed by atoms with E-state index >= 15 is 0 Å². The zero-order valence-electron chi connectivity index (χ0n) is 10.1. The molecule has 106 valence electrons. The summed E-state index contributed by atoms with van der Waals surface area (Å²) in [5, 5.41) is 24.1. The van der Waals surface area contributed by atoms with Gasteiger partial charge in [-0.2, -0.15) is 0 Å². The van der Waals surface area contributed by atoms with Gasteiger partial charge in [0.25, 0.3) is 5.92 Å². The van der Waals surface area contributed by atoms with E-state index in [0.29, 0.717) is 6.54 Å². The number of aromatic nitrogens is 2. The van der Waals surface area contributed by atoms with E-state index in [4.69, 9.17) is 5.11 Å². The van der Waals surface area contributed by atoms with E-state index in [-0.39, 0.29) is 11.6 Å². The van der Waals surface area contributed by atoms with Crippen molar-refractivity contribution in [2.45, 2.75) is 12.8 Å². The van der Waals surface area contributed by atoms with E-state index in [1.54, 1.807) is 6.92 Å². The molecule has 1 aromatic rings. The van der Waals surface area contributed by atoms with Crippen LogP contribution in [0.4, 0.5) is 26.1 Å².